The minimum Gasteiger partial charge on any atom is -0.444 e. The third kappa shape index (κ3) is 6.66. The lowest BCUT2D eigenvalue weighted by atomic mass is 9.86. The van der Waals surface area contributed by atoms with Gasteiger partial charge in [-0.2, -0.15) is 23.1 Å². The molecule has 1 aromatic carbocycles. The number of alkyl halides is 4. The van der Waals surface area contributed by atoms with Gasteiger partial charge in [0.2, 0.25) is 6.29 Å². The Morgan fingerprint density at radius 1 is 1.00 bits per heavy atom. The van der Waals surface area contributed by atoms with E-state index in [1.807, 2.05) is 9.80 Å². The van der Waals surface area contributed by atoms with Crippen molar-refractivity contribution in [3.8, 4) is 17.3 Å². The Labute approximate surface area is 324 Å². The number of hydrogen-bond acceptors (Lipinski definition) is 11. The van der Waals surface area contributed by atoms with E-state index in [0.29, 0.717) is 25.8 Å². The topological polar surface area (TPSA) is 136 Å². The van der Waals surface area contributed by atoms with Crippen LogP contribution in [-0.4, -0.2) is 93.3 Å². The van der Waals surface area contributed by atoms with Crippen molar-refractivity contribution >= 4 is 40.2 Å². The molecule has 3 aromatic rings. The van der Waals surface area contributed by atoms with Crippen LogP contribution in [0.3, 0.4) is 0 Å². The molecule has 12 nitrogen and oxygen atoms in total. The van der Waals surface area contributed by atoms with E-state index < -0.39 is 101 Å². The van der Waals surface area contributed by atoms with Gasteiger partial charge >= 0.3 is 24.2 Å². The molecule has 0 radical (unpaired) electrons. The number of aryl methyl sites for hydroxylation is 1. The predicted octanol–water partition coefficient (Wildman–Crippen LogP) is 7.16. The quantitative estimate of drug-likeness (QED) is 0.155. The van der Waals surface area contributed by atoms with Crippen LogP contribution in [0.2, 0.25) is 0 Å². The summed E-state index contributed by atoms with van der Waals surface area (Å²) in [6, 6.07) is -1.04. The van der Waals surface area contributed by atoms with Gasteiger partial charge in [-0.25, -0.2) is 22.9 Å². The first-order valence-corrected chi connectivity index (χ1v) is 19.2. The molecule has 0 spiro atoms. The normalized spacial score (nSPS) is 27.3. The van der Waals surface area contributed by atoms with Gasteiger partial charge < -0.3 is 24.8 Å². The number of pyridine rings is 1. The van der Waals surface area contributed by atoms with Gasteiger partial charge in [-0.05, 0) is 62.7 Å². The highest BCUT2D eigenvalue weighted by Gasteiger charge is 2.52. The number of nitrogen functional groups attached to an aromatic ring is 1. The Bertz CT molecular complexity index is 2160. The molecule has 18 heteroatoms. The Balaban J connectivity index is 1.28. The van der Waals surface area contributed by atoms with Crippen molar-refractivity contribution in [3.63, 3.8) is 0 Å². The van der Waals surface area contributed by atoms with Gasteiger partial charge in [0.05, 0.1) is 46.3 Å². The average Bonchev–Trinajstić information content (AvgIpc) is 3.37. The van der Waals surface area contributed by atoms with E-state index in [1.54, 1.807) is 18.7 Å². The second-order valence-corrected chi connectivity index (χ2v) is 16.0. The minimum atomic E-state index is -5.08. The van der Waals surface area contributed by atoms with Gasteiger partial charge in [-0.1, -0.05) is 20.4 Å². The molecule has 4 saturated heterocycles. The fraction of sp³-hybridized carbons (Fsp3) is 0.564. The zero-order valence-electron chi connectivity index (χ0n) is 31.8. The van der Waals surface area contributed by atoms with Crippen LogP contribution >= 0.6 is 0 Å². The number of benzene rings is 1. The van der Waals surface area contributed by atoms with Crippen molar-refractivity contribution in [2.45, 2.75) is 109 Å². The molecular weight excluding hydrogens is 760 g/mol. The van der Waals surface area contributed by atoms with Crippen molar-refractivity contribution in [1.29, 1.82) is 0 Å². The van der Waals surface area contributed by atoms with Crippen LogP contribution in [0, 0.1) is 30.4 Å². The van der Waals surface area contributed by atoms with E-state index in [9.17, 15) is 27.2 Å². The number of nitrogens with two attached hydrogens (primary N) is 1. The number of ether oxygens (including phenoxy) is 3. The van der Waals surface area contributed by atoms with Crippen LogP contribution < -0.4 is 15.4 Å². The molecule has 3 unspecified atom stereocenters. The molecule has 8 rings (SSSR count). The smallest absolute Gasteiger partial charge is 0.418 e. The summed E-state index contributed by atoms with van der Waals surface area (Å²) in [5, 5.41) is -0.125. The van der Waals surface area contributed by atoms with Crippen LogP contribution in [0.1, 0.15) is 76.0 Å². The summed E-state index contributed by atoms with van der Waals surface area (Å²) in [6.07, 6.45) is -6.04. The summed E-state index contributed by atoms with van der Waals surface area (Å²) in [5.74, 6) is -4.36. The summed E-state index contributed by atoms with van der Waals surface area (Å²) in [7, 11) is 0. The fourth-order valence-corrected chi connectivity index (χ4v) is 9.49. The lowest BCUT2D eigenvalue weighted by Crippen LogP contribution is -2.61. The third-order valence-corrected chi connectivity index (χ3v) is 11.9. The maximum atomic E-state index is 17.2. The first-order chi connectivity index (χ1) is 26.9. The zero-order valence-corrected chi connectivity index (χ0v) is 31.8. The molecule has 5 aliphatic rings. The zero-order chi connectivity index (χ0) is 40.8. The molecule has 57 heavy (non-hydrogen) atoms. The van der Waals surface area contributed by atoms with E-state index >= 15 is 8.78 Å². The number of carbonyl (C=O) groups is 2. The molecule has 4 fully saturated rings. The second kappa shape index (κ2) is 14.2. The molecule has 8 atom stereocenters. The summed E-state index contributed by atoms with van der Waals surface area (Å²) >= 11 is 0. The largest absolute Gasteiger partial charge is 0.444 e. The number of amides is 1. The van der Waals surface area contributed by atoms with Crippen molar-refractivity contribution in [1.82, 2.24) is 24.8 Å². The Kier molecular flexibility index (Phi) is 9.71. The molecule has 2 aromatic heterocycles. The SMILES string of the molecule is C=C1C[C@@H]2[C@@H]3CC[C@H](CN2c2nc(OC4[C@@H]5CCCN4C[C@H](F)C5)nc4c(F)c(-c5nc(N)cc(C)c5C(F)(F)F)c(F)c1c24)N3C(=O)OC(C)OC(=O)C(C)C. The first kappa shape index (κ1) is 39.0. The molecule has 7 heterocycles. The van der Waals surface area contributed by atoms with Crippen LogP contribution in [0.15, 0.2) is 12.6 Å². The Morgan fingerprint density at radius 2 is 1.75 bits per heavy atom. The highest BCUT2D eigenvalue weighted by atomic mass is 19.4. The molecule has 1 amide bonds. The van der Waals surface area contributed by atoms with Gasteiger partial charge in [0, 0.05) is 38.0 Å². The molecule has 5 aliphatic heterocycles. The van der Waals surface area contributed by atoms with Crippen molar-refractivity contribution in [2.75, 3.05) is 30.3 Å². The summed E-state index contributed by atoms with van der Waals surface area (Å²) in [5.41, 5.74) is 1.27. The van der Waals surface area contributed by atoms with Crippen molar-refractivity contribution in [3.05, 3.63) is 41.0 Å². The molecule has 306 valence electrons. The van der Waals surface area contributed by atoms with Crippen molar-refractivity contribution < 1.29 is 50.1 Å². The number of halogens is 6. The number of carbonyl (C=O) groups excluding carboxylic acids is 2. The highest BCUT2D eigenvalue weighted by molar-refractivity contribution is 6.04. The maximum absolute atomic E-state index is 17.2. The first-order valence-electron chi connectivity index (χ1n) is 19.2. The number of piperidine rings is 2. The van der Waals surface area contributed by atoms with Gasteiger partial charge in [0.15, 0.2) is 12.0 Å². The number of rotatable bonds is 6. The number of aromatic nitrogens is 3. The number of anilines is 2. The van der Waals surface area contributed by atoms with E-state index in [4.69, 9.17) is 24.9 Å². The summed E-state index contributed by atoms with van der Waals surface area (Å²) in [4.78, 5) is 44.2. The van der Waals surface area contributed by atoms with E-state index in [1.165, 1.54) is 6.92 Å². The van der Waals surface area contributed by atoms with Gasteiger partial charge in [-0.3, -0.25) is 14.6 Å². The van der Waals surface area contributed by atoms with Crippen molar-refractivity contribution in [2.24, 2.45) is 11.8 Å². The Hall–Kier alpha value is -4.87. The molecule has 2 N–H and O–H groups in total. The van der Waals surface area contributed by atoms with Gasteiger partial charge in [0.25, 0.3) is 0 Å². The monoisotopic (exact) mass is 803 g/mol. The number of fused-ring (bicyclic) bond motifs is 7. The number of hydrogen-bond donors (Lipinski definition) is 1. The lowest BCUT2D eigenvalue weighted by molar-refractivity contribution is -0.170. The van der Waals surface area contributed by atoms with E-state index in [2.05, 4.69) is 16.5 Å². The standard InChI is InChI=1S/C39H43F6N7O5/c1-16(2)36(53)55-19(5)56-38(54)52-22-8-9-23(52)24-11-17(3)26-27-33(31(42)28(30(26)41)32-29(39(43,44)45)18(4)12-25(46)47-32)48-37(49-34(27)51(24)15-22)57-35-20-7-6-10-50(35)14-21(40)13-20/h12,16,19-24,35H,3,6-11,13-15H2,1-2,4-5H3,(H2,46,47)/t19?,20-,21-,22-,23+,24-,35?/m1/s1. The molecule has 0 aliphatic carbocycles. The maximum Gasteiger partial charge on any atom is 0.418 e. The average molecular weight is 804 g/mol. The molecule has 4 bridgehead atoms. The Morgan fingerprint density at radius 3 is 2.46 bits per heavy atom. The van der Waals surface area contributed by atoms with Crippen LogP contribution in [-0.2, 0) is 20.4 Å². The lowest BCUT2D eigenvalue weighted by Gasteiger charge is -2.47. The van der Waals surface area contributed by atoms with Gasteiger partial charge in [-0.15, -0.1) is 0 Å². The third-order valence-electron chi connectivity index (χ3n) is 11.9. The number of nitrogens with zero attached hydrogens (tertiary/aromatic N) is 6. The fourth-order valence-electron chi connectivity index (χ4n) is 9.49. The second-order valence-electron chi connectivity index (χ2n) is 16.0. The van der Waals surface area contributed by atoms with Crippen LogP contribution in [0.5, 0.6) is 6.01 Å². The summed E-state index contributed by atoms with van der Waals surface area (Å²) < 4.78 is 110. The number of piperazine rings is 1. The highest BCUT2D eigenvalue weighted by Crippen LogP contribution is 2.50. The number of esters is 1. The van der Waals surface area contributed by atoms with E-state index in [0.717, 1.165) is 19.4 Å². The van der Waals surface area contributed by atoms with Crippen LogP contribution in [0.4, 0.5) is 42.8 Å². The molecule has 0 saturated carbocycles. The van der Waals surface area contributed by atoms with E-state index in [-0.39, 0.29) is 66.0 Å². The van der Waals surface area contributed by atoms with Crippen LogP contribution in [0.25, 0.3) is 27.7 Å². The molecular formula is C39H43F6N7O5. The predicted molar refractivity (Wildman–Crippen MR) is 195 cm³/mol. The summed E-state index contributed by atoms with van der Waals surface area (Å²) in [6.45, 7) is 10.8. The van der Waals surface area contributed by atoms with Gasteiger partial charge in [0.1, 0.15) is 29.1 Å². The minimum absolute atomic E-state index is 0.0193.